The fourth-order valence-corrected chi connectivity index (χ4v) is 3.55. The van der Waals surface area contributed by atoms with Crippen LogP contribution in [0.2, 0.25) is 5.02 Å². The number of urea groups is 1. The summed E-state index contributed by atoms with van der Waals surface area (Å²) in [7, 11) is 3.53. The predicted molar refractivity (Wildman–Crippen MR) is 127 cm³/mol. The number of aryl methyl sites for hydroxylation is 1. The molecule has 0 unspecified atom stereocenters. The second kappa shape index (κ2) is 12.1. The van der Waals surface area contributed by atoms with Crippen LogP contribution in [0.15, 0.2) is 65.4 Å². The number of hydrogen-bond acceptors (Lipinski definition) is 4. The fraction of sp³-hybridized carbons (Fsp3) is 0.333. The minimum Gasteiger partial charge on any atom is -0.467 e. The minimum atomic E-state index is -0.376. The number of anilines is 1. The number of nitrogens with zero attached hydrogens (tertiary/aromatic N) is 3. The van der Waals surface area contributed by atoms with E-state index in [1.54, 1.807) is 48.6 Å². The van der Waals surface area contributed by atoms with Gasteiger partial charge >= 0.3 is 6.03 Å². The zero-order valence-electron chi connectivity index (χ0n) is 18.9. The van der Waals surface area contributed by atoms with E-state index in [1.165, 1.54) is 4.90 Å². The summed E-state index contributed by atoms with van der Waals surface area (Å²) >= 11 is 6.03. The van der Waals surface area contributed by atoms with E-state index < -0.39 is 0 Å². The van der Waals surface area contributed by atoms with Crippen molar-refractivity contribution in [3.05, 3.63) is 77.5 Å². The van der Waals surface area contributed by atoms with Crippen molar-refractivity contribution in [2.45, 2.75) is 19.5 Å². The molecule has 2 aromatic heterocycles. The summed E-state index contributed by atoms with van der Waals surface area (Å²) in [5.74, 6) is 0.484. The summed E-state index contributed by atoms with van der Waals surface area (Å²) in [4.78, 5) is 29.5. The van der Waals surface area contributed by atoms with Gasteiger partial charge in [0.2, 0.25) is 5.91 Å². The Morgan fingerprint density at radius 1 is 1.12 bits per heavy atom. The lowest BCUT2D eigenvalue weighted by Crippen LogP contribution is -2.44. The van der Waals surface area contributed by atoms with Crippen molar-refractivity contribution in [2.75, 3.05) is 32.1 Å². The minimum absolute atomic E-state index is 0.0821. The second-order valence-electron chi connectivity index (χ2n) is 7.65. The quantitative estimate of drug-likeness (QED) is 0.420. The lowest BCUT2D eigenvalue weighted by Gasteiger charge is -2.27. The van der Waals surface area contributed by atoms with Gasteiger partial charge in [0.05, 0.1) is 19.4 Å². The topological polar surface area (TPSA) is 80.0 Å². The number of rotatable bonds is 11. The molecule has 0 saturated heterocycles. The molecule has 3 amide bonds. The van der Waals surface area contributed by atoms with Gasteiger partial charge in [0, 0.05) is 49.9 Å². The van der Waals surface area contributed by atoms with Gasteiger partial charge in [-0.15, -0.1) is 0 Å². The number of ether oxygens (including phenoxy) is 1. The molecule has 8 nitrogen and oxygen atoms in total. The van der Waals surface area contributed by atoms with E-state index in [0.717, 1.165) is 5.69 Å². The van der Waals surface area contributed by atoms with E-state index in [-0.39, 0.29) is 18.5 Å². The summed E-state index contributed by atoms with van der Waals surface area (Å²) in [5, 5.41) is 3.34. The summed E-state index contributed by atoms with van der Waals surface area (Å²) in [6, 6.07) is 14.0. The number of aromatic nitrogens is 1. The SMILES string of the molecule is COCCCN(CC(=O)N(Cc1ccco1)Cc1cccn1C)C(=O)Nc1cccc(Cl)c1. The van der Waals surface area contributed by atoms with Crippen LogP contribution in [-0.4, -0.2) is 53.1 Å². The first kappa shape index (κ1) is 24.4. The Balaban J connectivity index is 1.74. The van der Waals surface area contributed by atoms with Crippen LogP contribution in [0.5, 0.6) is 0 Å². The van der Waals surface area contributed by atoms with E-state index in [2.05, 4.69) is 5.32 Å². The van der Waals surface area contributed by atoms with Crippen molar-refractivity contribution < 1.29 is 18.7 Å². The van der Waals surface area contributed by atoms with Gasteiger partial charge in [-0.2, -0.15) is 0 Å². The highest BCUT2D eigenvalue weighted by Gasteiger charge is 2.23. The Morgan fingerprint density at radius 3 is 2.64 bits per heavy atom. The molecule has 0 saturated carbocycles. The molecule has 0 radical (unpaired) electrons. The molecule has 0 spiro atoms. The van der Waals surface area contributed by atoms with Gasteiger partial charge in [-0.1, -0.05) is 17.7 Å². The average Bonchev–Trinajstić information content (AvgIpc) is 3.44. The number of hydrogen-bond donors (Lipinski definition) is 1. The third-order valence-corrected chi connectivity index (χ3v) is 5.38. The number of amides is 3. The number of methoxy groups -OCH3 is 1. The predicted octanol–water partition coefficient (Wildman–Crippen LogP) is 4.37. The molecule has 0 bridgehead atoms. The number of nitrogens with one attached hydrogen (secondary N) is 1. The van der Waals surface area contributed by atoms with Gasteiger partial charge < -0.3 is 28.8 Å². The highest BCUT2D eigenvalue weighted by atomic mass is 35.5. The van der Waals surface area contributed by atoms with Gasteiger partial charge in [0.15, 0.2) is 0 Å². The smallest absolute Gasteiger partial charge is 0.322 e. The van der Waals surface area contributed by atoms with Crippen LogP contribution in [0.1, 0.15) is 17.9 Å². The van der Waals surface area contributed by atoms with E-state index in [4.69, 9.17) is 20.8 Å². The first-order valence-electron chi connectivity index (χ1n) is 10.7. The summed E-state index contributed by atoms with van der Waals surface area (Å²) in [6.07, 6.45) is 4.11. The van der Waals surface area contributed by atoms with E-state index in [0.29, 0.717) is 49.1 Å². The molecule has 0 aliphatic carbocycles. The summed E-state index contributed by atoms with van der Waals surface area (Å²) in [6.45, 7) is 1.46. The maximum atomic E-state index is 13.4. The van der Waals surface area contributed by atoms with Crippen LogP contribution < -0.4 is 5.32 Å². The van der Waals surface area contributed by atoms with Gasteiger partial charge in [-0.25, -0.2) is 4.79 Å². The van der Waals surface area contributed by atoms with Gasteiger partial charge in [-0.05, 0) is 48.9 Å². The molecule has 3 aromatic rings. The van der Waals surface area contributed by atoms with Crippen LogP contribution in [0.3, 0.4) is 0 Å². The highest BCUT2D eigenvalue weighted by Crippen LogP contribution is 2.16. The molecule has 0 aliphatic heterocycles. The Hall–Kier alpha value is -3.23. The Bertz CT molecular complexity index is 1030. The molecule has 1 aromatic carbocycles. The molecular weight excluding hydrogens is 444 g/mol. The Kier molecular flexibility index (Phi) is 8.97. The normalized spacial score (nSPS) is 10.8. The van der Waals surface area contributed by atoms with Crippen molar-refractivity contribution in [2.24, 2.45) is 7.05 Å². The third-order valence-electron chi connectivity index (χ3n) is 5.15. The Morgan fingerprint density at radius 2 is 1.97 bits per heavy atom. The lowest BCUT2D eigenvalue weighted by molar-refractivity contribution is -0.133. The number of carbonyl (C=O) groups excluding carboxylic acids is 2. The molecule has 2 heterocycles. The molecule has 33 heavy (non-hydrogen) atoms. The lowest BCUT2D eigenvalue weighted by atomic mass is 10.3. The van der Waals surface area contributed by atoms with Crippen LogP contribution in [0, 0.1) is 0 Å². The van der Waals surface area contributed by atoms with E-state index >= 15 is 0 Å². The average molecular weight is 473 g/mol. The Labute approximate surface area is 198 Å². The molecule has 9 heteroatoms. The number of benzene rings is 1. The third kappa shape index (κ3) is 7.40. The molecular formula is C24H29ClN4O4. The van der Waals surface area contributed by atoms with Crippen molar-refractivity contribution in [1.29, 1.82) is 0 Å². The van der Waals surface area contributed by atoms with Crippen molar-refractivity contribution in [1.82, 2.24) is 14.4 Å². The summed E-state index contributed by atoms with van der Waals surface area (Å²) in [5.41, 5.74) is 1.54. The first-order chi connectivity index (χ1) is 16.0. The highest BCUT2D eigenvalue weighted by molar-refractivity contribution is 6.30. The van der Waals surface area contributed by atoms with E-state index in [1.807, 2.05) is 36.0 Å². The number of halogens is 1. The van der Waals surface area contributed by atoms with Crippen molar-refractivity contribution in [3.63, 3.8) is 0 Å². The van der Waals surface area contributed by atoms with Crippen LogP contribution >= 0.6 is 11.6 Å². The van der Waals surface area contributed by atoms with Gasteiger partial charge in [0.25, 0.3) is 0 Å². The monoisotopic (exact) mass is 472 g/mol. The largest absolute Gasteiger partial charge is 0.467 e. The molecule has 3 rings (SSSR count). The first-order valence-corrected chi connectivity index (χ1v) is 11.0. The zero-order chi connectivity index (χ0) is 23.6. The molecule has 0 aliphatic rings. The maximum Gasteiger partial charge on any atom is 0.322 e. The second-order valence-corrected chi connectivity index (χ2v) is 8.08. The standard InChI is InChI=1S/C24H29ClN4O4/c1-27-11-4-9-21(27)16-29(17-22-10-5-14-33-22)23(30)18-28(12-6-13-32-2)24(31)26-20-8-3-7-19(25)15-20/h3-5,7-11,14-15H,6,12-13,16-18H2,1-2H3,(H,26,31). The summed E-state index contributed by atoms with van der Waals surface area (Å²) < 4.78 is 12.6. The van der Waals surface area contributed by atoms with Crippen molar-refractivity contribution >= 4 is 29.2 Å². The molecule has 176 valence electrons. The molecule has 0 atom stereocenters. The van der Waals surface area contributed by atoms with Crippen LogP contribution in [0.4, 0.5) is 10.5 Å². The maximum absolute atomic E-state index is 13.4. The van der Waals surface area contributed by atoms with Gasteiger partial charge in [-0.3, -0.25) is 4.79 Å². The number of carbonyl (C=O) groups is 2. The molecule has 1 N–H and O–H groups in total. The van der Waals surface area contributed by atoms with Crippen LogP contribution in [-0.2, 0) is 29.7 Å². The van der Waals surface area contributed by atoms with Crippen LogP contribution in [0.25, 0.3) is 0 Å². The molecule has 0 fully saturated rings. The van der Waals surface area contributed by atoms with Gasteiger partial charge in [0.1, 0.15) is 12.3 Å². The number of furan rings is 1. The fourth-order valence-electron chi connectivity index (χ4n) is 3.36. The van der Waals surface area contributed by atoms with Crippen molar-refractivity contribution in [3.8, 4) is 0 Å². The van der Waals surface area contributed by atoms with E-state index in [9.17, 15) is 9.59 Å². The zero-order valence-corrected chi connectivity index (χ0v) is 19.6.